The number of aromatic nitrogens is 1. The van der Waals surface area contributed by atoms with Crippen molar-refractivity contribution in [2.24, 2.45) is 0 Å². The molecule has 138 valence electrons. The third-order valence-electron chi connectivity index (χ3n) is 3.84. The van der Waals surface area contributed by atoms with Crippen molar-refractivity contribution in [1.29, 1.82) is 0 Å². The average Bonchev–Trinajstić information content (AvgIpc) is 2.66. The molecular weight excluding hydrogens is 355 g/mol. The van der Waals surface area contributed by atoms with Crippen LogP contribution in [-0.4, -0.2) is 17.4 Å². The Morgan fingerprint density at radius 3 is 2.33 bits per heavy atom. The van der Waals surface area contributed by atoms with Crippen LogP contribution in [0.4, 0.5) is 24.7 Å². The number of amides is 1. The third-order valence-corrected chi connectivity index (χ3v) is 3.84. The zero-order valence-corrected chi connectivity index (χ0v) is 14.2. The Hall–Kier alpha value is -3.35. The maximum absolute atomic E-state index is 13.6. The fraction of sp³-hybridized carbons (Fsp3) is 0.100. The standard InChI is InChI=1S/C20H16F3N3O/c21-15-4-1-13(2-5-15)9-10-24-19-8-3-14(12-25-19)20(27)26-18-7-6-16(22)11-17(18)23/h1-8,11-12H,9-10H2,(H,24,25)(H,26,27). The lowest BCUT2D eigenvalue weighted by atomic mass is 10.1. The second-order valence-electron chi connectivity index (χ2n) is 5.81. The molecule has 3 rings (SSSR count). The van der Waals surface area contributed by atoms with Crippen LogP contribution in [0.1, 0.15) is 15.9 Å². The number of halogens is 3. The van der Waals surface area contributed by atoms with Crippen LogP contribution in [0.25, 0.3) is 0 Å². The van der Waals surface area contributed by atoms with Gasteiger partial charge in [-0.3, -0.25) is 4.79 Å². The van der Waals surface area contributed by atoms with Crippen molar-refractivity contribution in [3.8, 4) is 0 Å². The predicted molar refractivity (Wildman–Crippen MR) is 97.1 cm³/mol. The molecule has 2 N–H and O–H groups in total. The molecule has 0 aliphatic rings. The Balaban J connectivity index is 1.54. The van der Waals surface area contributed by atoms with Crippen LogP contribution in [-0.2, 0) is 6.42 Å². The van der Waals surface area contributed by atoms with E-state index < -0.39 is 17.5 Å². The van der Waals surface area contributed by atoms with Crippen molar-refractivity contribution in [3.63, 3.8) is 0 Å². The molecule has 0 fully saturated rings. The smallest absolute Gasteiger partial charge is 0.257 e. The molecule has 27 heavy (non-hydrogen) atoms. The summed E-state index contributed by atoms with van der Waals surface area (Å²) in [6, 6.07) is 12.3. The van der Waals surface area contributed by atoms with Gasteiger partial charge in [-0.15, -0.1) is 0 Å². The highest BCUT2D eigenvalue weighted by Gasteiger charge is 2.10. The quantitative estimate of drug-likeness (QED) is 0.675. The molecule has 0 bridgehead atoms. The van der Waals surface area contributed by atoms with Crippen LogP contribution in [0.5, 0.6) is 0 Å². The highest BCUT2D eigenvalue weighted by molar-refractivity contribution is 6.04. The van der Waals surface area contributed by atoms with E-state index in [0.29, 0.717) is 24.8 Å². The summed E-state index contributed by atoms with van der Waals surface area (Å²) in [5.74, 6) is -1.83. The van der Waals surface area contributed by atoms with Gasteiger partial charge in [-0.25, -0.2) is 18.2 Å². The largest absolute Gasteiger partial charge is 0.370 e. The summed E-state index contributed by atoms with van der Waals surface area (Å²) in [5.41, 5.74) is 1.12. The molecule has 1 heterocycles. The molecule has 0 spiro atoms. The molecule has 0 aliphatic heterocycles. The van der Waals surface area contributed by atoms with Gasteiger partial charge in [0.05, 0.1) is 11.3 Å². The minimum Gasteiger partial charge on any atom is -0.370 e. The molecule has 0 aliphatic carbocycles. The van der Waals surface area contributed by atoms with E-state index in [2.05, 4.69) is 15.6 Å². The number of carbonyl (C=O) groups is 1. The third kappa shape index (κ3) is 5.07. The second-order valence-corrected chi connectivity index (χ2v) is 5.81. The zero-order valence-electron chi connectivity index (χ0n) is 14.2. The summed E-state index contributed by atoms with van der Waals surface area (Å²) in [5, 5.41) is 5.47. The van der Waals surface area contributed by atoms with Gasteiger partial charge in [0.15, 0.2) is 0 Å². The molecule has 0 saturated carbocycles. The first-order valence-electron chi connectivity index (χ1n) is 8.22. The summed E-state index contributed by atoms with van der Waals surface area (Å²) in [6.07, 6.45) is 2.05. The van der Waals surface area contributed by atoms with E-state index >= 15 is 0 Å². The molecule has 0 unspecified atom stereocenters. The van der Waals surface area contributed by atoms with Crippen LogP contribution >= 0.6 is 0 Å². The van der Waals surface area contributed by atoms with Crippen LogP contribution in [0.2, 0.25) is 0 Å². The monoisotopic (exact) mass is 371 g/mol. The summed E-state index contributed by atoms with van der Waals surface area (Å²) in [4.78, 5) is 16.3. The first-order valence-corrected chi connectivity index (χ1v) is 8.22. The molecule has 1 amide bonds. The number of hydrogen-bond donors (Lipinski definition) is 2. The Labute approximate surface area is 154 Å². The van der Waals surface area contributed by atoms with Gasteiger partial charge in [-0.05, 0) is 48.4 Å². The van der Waals surface area contributed by atoms with Gasteiger partial charge in [0.2, 0.25) is 0 Å². The van der Waals surface area contributed by atoms with Crippen LogP contribution < -0.4 is 10.6 Å². The van der Waals surface area contributed by atoms with Crippen molar-refractivity contribution < 1.29 is 18.0 Å². The zero-order chi connectivity index (χ0) is 19.2. The SMILES string of the molecule is O=C(Nc1ccc(F)cc1F)c1ccc(NCCc2ccc(F)cc2)nc1. The molecule has 3 aromatic rings. The average molecular weight is 371 g/mol. The Bertz CT molecular complexity index is 928. The van der Waals surface area contributed by atoms with Crippen LogP contribution in [0, 0.1) is 17.5 Å². The molecule has 4 nitrogen and oxygen atoms in total. The fourth-order valence-electron chi connectivity index (χ4n) is 2.40. The van der Waals surface area contributed by atoms with Gasteiger partial charge in [-0.2, -0.15) is 0 Å². The van der Waals surface area contributed by atoms with E-state index in [-0.39, 0.29) is 17.1 Å². The van der Waals surface area contributed by atoms with E-state index in [1.165, 1.54) is 18.3 Å². The summed E-state index contributed by atoms with van der Waals surface area (Å²) < 4.78 is 39.3. The van der Waals surface area contributed by atoms with E-state index in [4.69, 9.17) is 0 Å². The van der Waals surface area contributed by atoms with Gasteiger partial charge < -0.3 is 10.6 Å². The van der Waals surface area contributed by atoms with E-state index in [9.17, 15) is 18.0 Å². The summed E-state index contributed by atoms with van der Waals surface area (Å²) in [6.45, 7) is 0.588. The van der Waals surface area contributed by atoms with E-state index in [0.717, 1.165) is 17.7 Å². The molecule has 0 saturated heterocycles. The van der Waals surface area contributed by atoms with Gasteiger partial charge in [0.1, 0.15) is 23.3 Å². The van der Waals surface area contributed by atoms with Crippen molar-refractivity contribution in [2.45, 2.75) is 6.42 Å². The van der Waals surface area contributed by atoms with Gasteiger partial charge in [0.25, 0.3) is 5.91 Å². The number of benzene rings is 2. The van der Waals surface area contributed by atoms with Crippen molar-refractivity contribution in [2.75, 3.05) is 17.2 Å². The maximum atomic E-state index is 13.6. The molecule has 2 aromatic carbocycles. The number of pyridine rings is 1. The minimum absolute atomic E-state index is 0.108. The lowest BCUT2D eigenvalue weighted by molar-refractivity contribution is 0.102. The highest BCUT2D eigenvalue weighted by atomic mass is 19.1. The van der Waals surface area contributed by atoms with E-state index in [1.807, 2.05) is 0 Å². The van der Waals surface area contributed by atoms with E-state index in [1.54, 1.807) is 24.3 Å². The molecular formula is C20H16F3N3O. The number of hydrogen-bond acceptors (Lipinski definition) is 3. The molecule has 0 atom stereocenters. The lowest BCUT2D eigenvalue weighted by Crippen LogP contribution is -2.14. The summed E-state index contributed by atoms with van der Waals surface area (Å²) in [7, 11) is 0. The van der Waals surface area contributed by atoms with Crippen molar-refractivity contribution in [3.05, 3.63) is 89.4 Å². The van der Waals surface area contributed by atoms with Crippen LogP contribution in [0.15, 0.2) is 60.8 Å². The molecule has 7 heteroatoms. The number of nitrogens with one attached hydrogen (secondary N) is 2. The van der Waals surface area contributed by atoms with Crippen LogP contribution in [0.3, 0.4) is 0 Å². The Morgan fingerprint density at radius 2 is 1.67 bits per heavy atom. The number of nitrogens with zero attached hydrogens (tertiary/aromatic N) is 1. The van der Waals surface area contributed by atoms with Gasteiger partial charge in [-0.1, -0.05) is 12.1 Å². The lowest BCUT2D eigenvalue weighted by Gasteiger charge is -2.08. The number of carbonyl (C=O) groups excluding carboxylic acids is 1. The molecule has 1 aromatic heterocycles. The minimum atomic E-state index is -0.851. The Kier molecular flexibility index (Phi) is 5.71. The van der Waals surface area contributed by atoms with Gasteiger partial charge >= 0.3 is 0 Å². The molecule has 0 radical (unpaired) electrons. The first kappa shape index (κ1) is 18.4. The van der Waals surface area contributed by atoms with Gasteiger partial charge in [0, 0.05) is 18.8 Å². The summed E-state index contributed by atoms with van der Waals surface area (Å²) >= 11 is 0. The van der Waals surface area contributed by atoms with Crippen molar-refractivity contribution in [1.82, 2.24) is 4.98 Å². The topological polar surface area (TPSA) is 54.0 Å². The normalized spacial score (nSPS) is 10.5. The first-order chi connectivity index (χ1) is 13.0. The maximum Gasteiger partial charge on any atom is 0.257 e. The fourth-order valence-corrected chi connectivity index (χ4v) is 2.40. The van der Waals surface area contributed by atoms with Crippen molar-refractivity contribution >= 4 is 17.4 Å². The second kappa shape index (κ2) is 8.35. The Morgan fingerprint density at radius 1 is 0.926 bits per heavy atom. The number of anilines is 2. The predicted octanol–water partition coefficient (Wildman–Crippen LogP) is 4.41. The highest BCUT2D eigenvalue weighted by Crippen LogP contribution is 2.16. The number of rotatable bonds is 6.